The van der Waals surface area contributed by atoms with Crippen LogP contribution in [0.25, 0.3) is 0 Å². The zero-order valence-corrected chi connectivity index (χ0v) is 14.1. The van der Waals surface area contributed by atoms with Gasteiger partial charge in [0, 0.05) is 24.7 Å². The van der Waals surface area contributed by atoms with Gasteiger partial charge in [-0.1, -0.05) is 0 Å². The van der Waals surface area contributed by atoms with E-state index in [4.69, 9.17) is 9.52 Å². The maximum atomic E-state index is 12.2. The van der Waals surface area contributed by atoms with Crippen LogP contribution in [-0.2, 0) is 10.0 Å². The first-order valence-electron chi connectivity index (χ1n) is 6.46. The lowest BCUT2D eigenvalue weighted by Gasteiger charge is -2.24. The molecule has 1 aromatic heterocycles. The summed E-state index contributed by atoms with van der Waals surface area (Å²) in [5, 5.41) is 8.81. The molecule has 0 spiro atoms. The van der Waals surface area contributed by atoms with Gasteiger partial charge < -0.3 is 9.52 Å². The highest BCUT2D eigenvalue weighted by Crippen LogP contribution is 2.28. The number of hydrogen-bond acceptors (Lipinski definition) is 5. The summed E-state index contributed by atoms with van der Waals surface area (Å²) in [7, 11) is -1.85. The maximum Gasteiger partial charge on any atom is 0.371 e. The van der Waals surface area contributed by atoms with Gasteiger partial charge in [0.1, 0.15) is 4.90 Å². The summed E-state index contributed by atoms with van der Waals surface area (Å²) in [6.45, 7) is 2.18. The molecule has 1 atom stereocenters. The molecule has 2 N–H and O–H groups in total. The number of carboxylic acid groups (broad SMARTS) is 1. The molecule has 1 aliphatic carbocycles. The summed E-state index contributed by atoms with van der Waals surface area (Å²) in [6, 6.07) is 1.57. The Hall–Kier alpha value is -0.900. The van der Waals surface area contributed by atoms with E-state index in [1.54, 1.807) is 0 Å². The molecular weight excluding hydrogens is 364 g/mol. The summed E-state index contributed by atoms with van der Waals surface area (Å²) in [5.41, 5.74) is 0. The number of carboxylic acids is 1. The Morgan fingerprint density at radius 2 is 2.24 bits per heavy atom. The monoisotopic (exact) mass is 380 g/mol. The van der Waals surface area contributed by atoms with Crippen LogP contribution in [-0.4, -0.2) is 50.1 Å². The molecule has 0 bridgehead atoms. The van der Waals surface area contributed by atoms with Crippen LogP contribution in [0.4, 0.5) is 0 Å². The fourth-order valence-corrected chi connectivity index (χ4v) is 3.99. The Labute approximate surface area is 131 Å². The lowest BCUT2D eigenvalue weighted by molar-refractivity contribution is 0.0661. The first kappa shape index (κ1) is 16.5. The van der Waals surface area contributed by atoms with Crippen molar-refractivity contribution in [1.82, 2.24) is 9.62 Å². The van der Waals surface area contributed by atoms with Gasteiger partial charge in [-0.15, -0.1) is 0 Å². The van der Waals surface area contributed by atoms with E-state index >= 15 is 0 Å². The second-order valence-electron chi connectivity index (χ2n) is 5.15. The van der Waals surface area contributed by atoms with Crippen LogP contribution in [0.3, 0.4) is 0 Å². The minimum absolute atomic E-state index is 0.0527. The number of likely N-dealkylation sites (N-methyl/N-ethyl adjacent to an activating group) is 1. The fourth-order valence-electron chi connectivity index (χ4n) is 1.93. The SMILES string of the molecule is CC(CNS(=O)(=O)c1cc(C(=O)O)oc1Br)N(C)C1CC1. The molecule has 0 radical (unpaired) electrons. The van der Waals surface area contributed by atoms with Crippen LogP contribution in [0, 0.1) is 0 Å². The smallest absolute Gasteiger partial charge is 0.371 e. The number of carbonyl (C=O) groups is 1. The number of halogens is 1. The molecule has 1 saturated carbocycles. The van der Waals surface area contributed by atoms with Gasteiger partial charge in [-0.25, -0.2) is 17.9 Å². The van der Waals surface area contributed by atoms with E-state index in [0.29, 0.717) is 6.04 Å². The van der Waals surface area contributed by atoms with E-state index in [-0.39, 0.29) is 22.2 Å². The highest BCUT2D eigenvalue weighted by atomic mass is 79.9. The van der Waals surface area contributed by atoms with Crippen LogP contribution in [0.5, 0.6) is 0 Å². The molecule has 1 aliphatic rings. The number of furan rings is 1. The predicted octanol–water partition coefficient (Wildman–Crippen LogP) is 1.50. The predicted molar refractivity (Wildman–Crippen MR) is 78.8 cm³/mol. The molecule has 21 heavy (non-hydrogen) atoms. The molecular formula is C12H17BrN2O5S. The van der Waals surface area contributed by atoms with Crippen molar-refractivity contribution in [2.75, 3.05) is 13.6 Å². The average molecular weight is 381 g/mol. The Morgan fingerprint density at radius 1 is 1.62 bits per heavy atom. The van der Waals surface area contributed by atoms with Crippen LogP contribution in [0.15, 0.2) is 20.0 Å². The van der Waals surface area contributed by atoms with Gasteiger partial charge in [0.05, 0.1) is 0 Å². The first-order valence-corrected chi connectivity index (χ1v) is 8.74. The summed E-state index contributed by atoms with van der Waals surface area (Å²) < 4.78 is 31.6. The molecule has 2 rings (SSSR count). The zero-order valence-electron chi connectivity index (χ0n) is 11.7. The van der Waals surface area contributed by atoms with Gasteiger partial charge in [-0.2, -0.15) is 0 Å². The molecule has 7 nitrogen and oxygen atoms in total. The van der Waals surface area contributed by atoms with Crippen molar-refractivity contribution in [3.63, 3.8) is 0 Å². The third-order valence-corrected chi connectivity index (χ3v) is 5.82. The first-order chi connectivity index (χ1) is 9.72. The summed E-state index contributed by atoms with van der Waals surface area (Å²) >= 11 is 2.93. The van der Waals surface area contributed by atoms with Gasteiger partial charge in [0.25, 0.3) is 0 Å². The molecule has 0 aliphatic heterocycles. The largest absolute Gasteiger partial charge is 0.475 e. The lowest BCUT2D eigenvalue weighted by Crippen LogP contribution is -2.41. The van der Waals surface area contributed by atoms with Crippen LogP contribution >= 0.6 is 15.9 Å². The van der Waals surface area contributed by atoms with Gasteiger partial charge >= 0.3 is 5.97 Å². The van der Waals surface area contributed by atoms with Gasteiger partial charge in [-0.3, -0.25) is 4.90 Å². The topological polar surface area (TPSA) is 99.8 Å². The van der Waals surface area contributed by atoms with E-state index < -0.39 is 21.8 Å². The van der Waals surface area contributed by atoms with E-state index in [0.717, 1.165) is 18.9 Å². The summed E-state index contributed by atoms with van der Waals surface area (Å²) in [5.74, 6) is -1.75. The number of aromatic carboxylic acids is 1. The molecule has 9 heteroatoms. The maximum absolute atomic E-state index is 12.2. The minimum Gasteiger partial charge on any atom is -0.475 e. The van der Waals surface area contributed by atoms with Crippen LogP contribution in [0.2, 0.25) is 0 Å². The lowest BCUT2D eigenvalue weighted by atomic mass is 10.3. The average Bonchev–Trinajstić information content (AvgIpc) is 3.17. The van der Waals surface area contributed by atoms with Crippen molar-refractivity contribution >= 4 is 31.9 Å². The molecule has 1 fully saturated rings. The third kappa shape index (κ3) is 3.85. The Balaban J connectivity index is 2.05. The quantitative estimate of drug-likeness (QED) is 0.743. The van der Waals surface area contributed by atoms with Crippen molar-refractivity contribution in [2.24, 2.45) is 0 Å². The molecule has 0 amide bonds. The standard InChI is InChI=1S/C12H17BrN2O5S/c1-7(15(2)8-3-4-8)6-14-21(18,19)10-5-9(12(16)17)20-11(10)13/h5,7-8,14H,3-4,6H2,1-2H3,(H,16,17). The van der Waals surface area contributed by atoms with Crippen molar-refractivity contribution in [3.8, 4) is 0 Å². The molecule has 118 valence electrons. The van der Waals surface area contributed by atoms with Crippen molar-refractivity contribution in [3.05, 3.63) is 16.5 Å². The molecule has 0 aromatic carbocycles. The van der Waals surface area contributed by atoms with Gasteiger partial charge in [0.15, 0.2) is 4.67 Å². The molecule has 1 aromatic rings. The third-order valence-electron chi connectivity index (χ3n) is 3.54. The van der Waals surface area contributed by atoms with E-state index in [1.807, 2.05) is 14.0 Å². The van der Waals surface area contributed by atoms with Crippen molar-refractivity contribution in [2.45, 2.75) is 36.7 Å². The zero-order chi connectivity index (χ0) is 15.8. The van der Waals surface area contributed by atoms with Crippen molar-refractivity contribution in [1.29, 1.82) is 0 Å². The molecule has 1 heterocycles. The number of hydrogen-bond donors (Lipinski definition) is 2. The number of nitrogens with one attached hydrogen (secondary N) is 1. The van der Waals surface area contributed by atoms with Crippen LogP contribution in [0.1, 0.15) is 30.3 Å². The fraction of sp³-hybridized carbons (Fsp3) is 0.583. The van der Waals surface area contributed by atoms with Gasteiger partial charge in [-0.05, 0) is 42.7 Å². The Bertz CT molecular complexity index is 638. The highest BCUT2D eigenvalue weighted by molar-refractivity contribution is 9.10. The Morgan fingerprint density at radius 3 is 2.71 bits per heavy atom. The second-order valence-corrected chi connectivity index (χ2v) is 7.61. The second kappa shape index (κ2) is 6.07. The van der Waals surface area contributed by atoms with E-state index in [1.165, 1.54) is 0 Å². The van der Waals surface area contributed by atoms with E-state index in [2.05, 4.69) is 25.6 Å². The normalized spacial score (nSPS) is 17.1. The highest BCUT2D eigenvalue weighted by Gasteiger charge is 2.30. The summed E-state index contributed by atoms with van der Waals surface area (Å²) in [4.78, 5) is 12.7. The van der Waals surface area contributed by atoms with E-state index in [9.17, 15) is 13.2 Å². The van der Waals surface area contributed by atoms with Crippen molar-refractivity contribution < 1.29 is 22.7 Å². The molecule has 0 saturated heterocycles. The number of nitrogens with zero attached hydrogens (tertiary/aromatic N) is 1. The molecule has 1 unspecified atom stereocenters. The van der Waals surface area contributed by atoms with Gasteiger partial charge in [0.2, 0.25) is 15.8 Å². The Kier molecular flexibility index (Phi) is 4.76. The summed E-state index contributed by atoms with van der Waals surface area (Å²) in [6.07, 6.45) is 2.28. The minimum atomic E-state index is -3.82. The number of sulfonamides is 1. The number of rotatable bonds is 7. The van der Waals surface area contributed by atoms with Crippen LogP contribution < -0.4 is 4.72 Å².